The molecular formula is C10H8FN5O. The summed E-state index contributed by atoms with van der Waals surface area (Å²) in [6, 6.07) is 1.34. The first-order chi connectivity index (χ1) is 8.16. The number of nitrogens with two attached hydrogens (primary N) is 1. The summed E-state index contributed by atoms with van der Waals surface area (Å²) >= 11 is 0. The zero-order valence-corrected chi connectivity index (χ0v) is 8.59. The van der Waals surface area contributed by atoms with E-state index in [0.717, 1.165) is 6.20 Å². The predicted molar refractivity (Wildman–Crippen MR) is 58.6 cm³/mol. The number of nitrogen functional groups attached to an aromatic ring is 1. The molecule has 2 heterocycles. The Hall–Kier alpha value is -2.57. The van der Waals surface area contributed by atoms with Gasteiger partial charge in [-0.15, -0.1) is 0 Å². The van der Waals surface area contributed by atoms with E-state index in [9.17, 15) is 9.18 Å². The number of carbonyl (C=O) groups is 1. The maximum Gasteiger partial charge on any atom is 0.276 e. The van der Waals surface area contributed by atoms with Crippen molar-refractivity contribution in [3.05, 3.63) is 42.4 Å². The van der Waals surface area contributed by atoms with Gasteiger partial charge in [0.25, 0.3) is 5.91 Å². The third kappa shape index (κ3) is 2.51. The number of rotatable bonds is 2. The molecule has 0 atom stereocenters. The molecule has 1 amide bonds. The largest absolute Gasteiger partial charge is 0.382 e. The van der Waals surface area contributed by atoms with Crippen molar-refractivity contribution in [2.75, 3.05) is 11.1 Å². The molecular weight excluding hydrogens is 225 g/mol. The van der Waals surface area contributed by atoms with Gasteiger partial charge in [0.15, 0.2) is 5.82 Å². The number of aromatic nitrogens is 3. The molecule has 0 saturated carbocycles. The molecule has 2 aromatic rings. The molecule has 0 aromatic carbocycles. The fourth-order valence-corrected chi connectivity index (χ4v) is 1.15. The predicted octanol–water partition coefficient (Wildman–Crippen LogP) is 0.845. The molecule has 17 heavy (non-hydrogen) atoms. The topological polar surface area (TPSA) is 93.8 Å². The van der Waals surface area contributed by atoms with Gasteiger partial charge in [-0.1, -0.05) is 0 Å². The number of anilines is 2. The molecule has 86 valence electrons. The van der Waals surface area contributed by atoms with Crippen LogP contribution in [0.15, 0.2) is 30.9 Å². The van der Waals surface area contributed by atoms with Crippen molar-refractivity contribution in [1.29, 1.82) is 0 Å². The average Bonchev–Trinajstić information content (AvgIpc) is 2.32. The van der Waals surface area contributed by atoms with E-state index in [-0.39, 0.29) is 17.2 Å². The Morgan fingerprint density at radius 3 is 2.82 bits per heavy atom. The molecule has 0 unspecified atom stereocenters. The molecule has 7 heteroatoms. The van der Waals surface area contributed by atoms with Gasteiger partial charge in [-0.2, -0.15) is 0 Å². The van der Waals surface area contributed by atoms with Crippen LogP contribution in [0.3, 0.4) is 0 Å². The summed E-state index contributed by atoms with van der Waals surface area (Å²) in [4.78, 5) is 22.7. The van der Waals surface area contributed by atoms with Gasteiger partial charge < -0.3 is 11.1 Å². The van der Waals surface area contributed by atoms with Crippen LogP contribution in [0.4, 0.5) is 15.9 Å². The van der Waals surface area contributed by atoms with Gasteiger partial charge in [-0.25, -0.2) is 9.37 Å². The van der Waals surface area contributed by atoms with Crippen molar-refractivity contribution in [1.82, 2.24) is 15.0 Å². The second kappa shape index (κ2) is 4.52. The minimum Gasteiger partial charge on any atom is -0.382 e. The third-order valence-electron chi connectivity index (χ3n) is 1.91. The number of carbonyl (C=O) groups excluding carboxylic acids is 1. The Balaban J connectivity index is 2.20. The summed E-state index contributed by atoms with van der Waals surface area (Å²) in [5, 5.41) is 2.34. The van der Waals surface area contributed by atoms with E-state index in [1.54, 1.807) is 0 Å². The van der Waals surface area contributed by atoms with Crippen LogP contribution >= 0.6 is 0 Å². The first-order valence-electron chi connectivity index (χ1n) is 4.65. The molecule has 2 aromatic heterocycles. The Bertz CT molecular complexity index is 560. The van der Waals surface area contributed by atoms with E-state index < -0.39 is 11.7 Å². The fourth-order valence-electron chi connectivity index (χ4n) is 1.15. The lowest BCUT2D eigenvalue weighted by molar-refractivity contribution is 0.102. The van der Waals surface area contributed by atoms with Crippen molar-refractivity contribution in [2.45, 2.75) is 0 Å². The van der Waals surface area contributed by atoms with Crippen LogP contribution in [0, 0.1) is 5.82 Å². The smallest absolute Gasteiger partial charge is 0.276 e. The van der Waals surface area contributed by atoms with E-state index >= 15 is 0 Å². The number of nitrogens with zero attached hydrogens (tertiary/aromatic N) is 3. The normalized spacial score (nSPS) is 9.94. The van der Waals surface area contributed by atoms with Gasteiger partial charge in [0.2, 0.25) is 0 Å². The Kier molecular flexibility index (Phi) is 2.91. The summed E-state index contributed by atoms with van der Waals surface area (Å²) in [6.07, 6.45) is 4.92. The first kappa shape index (κ1) is 10.9. The summed E-state index contributed by atoms with van der Waals surface area (Å²) in [5.41, 5.74) is 5.42. The minimum atomic E-state index is -0.627. The highest BCUT2D eigenvalue weighted by Crippen LogP contribution is 2.12. The minimum absolute atomic E-state index is 0.0150. The number of pyridine rings is 1. The number of hydrogen-bond donors (Lipinski definition) is 2. The highest BCUT2D eigenvalue weighted by atomic mass is 19.1. The first-order valence-corrected chi connectivity index (χ1v) is 4.65. The van der Waals surface area contributed by atoms with Gasteiger partial charge >= 0.3 is 0 Å². The SMILES string of the molecule is Nc1cncc(C(=O)Nc2ccncc2F)n1. The maximum atomic E-state index is 13.2. The van der Waals surface area contributed by atoms with Gasteiger partial charge in [0.1, 0.15) is 11.5 Å². The van der Waals surface area contributed by atoms with Crippen LogP contribution in [-0.2, 0) is 0 Å². The lowest BCUT2D eigenvalue weighted by atomic mass is 10.3. The molecule has 0 bridgehead atoms. The summed E-state index contributed by atoms with van der Waals surface area (Å²) in [6.45, 7) is 0. The molecule has 6 nitrogen and oxygen atoms in total. The number of nitrogens with one attached hydrogen (secondary N) is 1. The van der Waals surface area contributed by atoms with Gasteiger partial charge in [0, 0.05) is 6.20 Å². The molecule has 0 aliphatic carbocycles. The molecule has 0 aliphatic rings. The van der Waals surface area contributed by atoms with Crippen LogP contribution < -0.4 is 11.1 Å². The molecule has 0 radical (unpaired) electrons. The molecule has 3 N–H and O–H groups in total. The Morgan fingerprint density at radius 1 is 1.29 bits per heavy atom. The highest BCUT2D eigenvalue weighted by Gasteiger charge is 2.10. The number of halogens is 1. The Morgan fingerprint density at radius 2 is 2.12 bits per heavy atom. The average molecular weight is 233 g/mol. The van der Waals surface area contributed by atoms with Crippen molar-refractivity contribution in [3.63, 3.8) is 0 Å². The van der Waals surface area contributed by atoms with Gasteiger partial charge in [0.05, 0.1) is 24.3 Å². The van der Waals surface area contributed by atoms with Crippen LogP contribution in [-0.4, -0.2) is 20.9 Å². The molecule has 0 aliphatic heterocycles. The van der Waals surface area contributed by atoms with Crippen molar-refractivity contribution >= 4 is 17.4 Å². The quantitative estimate of drug-likeness (QED) is 0.801. The summed E-state index contributed by atoms with van der Waals surface area (Å²) in [7, 11) is 0. The van der Waals surface area contributed by atoms with Crippen molar-refractivity contribution in [3.8, 4) is 0 Å². The monoisotopic (exact) mass is 233 g/mol. The standard InChI is InChI=1S/C10H8FN5O/c11-6-3-13-2-1-7(6)16-10(17)8-4-14-5-9(12)15-8/h1-5H,(H2,12,15)(H,13,16,17). The second-order valence-corrected chi connectivity index (χ2v) is 3.14. The van der Waals surface area contributed by atoms with Crippen molar-refractivity contribution < 1.29 is 9.18 Å². The Labute approximate surface area is 95.7 Å². The lowest BCUT2D eigenvalue weighted by Crippen LogP contribution is -2.15. The molecule has 0 fully saturated rings. The summed E-state index contributed by atoms with van der Waals surface area (Å²) in [5.74, 6) is -1.10. The van der Waals surface area contributed by atoms with Gasteiger partial charge in [-0.05, 0) is 6.07 Å². The molecule has 0 spiro atoms. The van der Waals surface area contributed by atoms with E-state index in [1.807, 2.05) is 0 Å². The summed E-state index contributed by atoms with van der Waals surface area (Å²) < 4.78 is 13.2. The van der Waals surface area contributed by atoms with Gasteiger partial charge in [-0.3, -0.25) is 14.8 Å². The zero-order valence-electron chi connectivity index (χ0n) is 8.59. The maximum absolute atomic E-state index is 13.2. The van der Waals surface area contributed by atoms with E-state index in [0.29, 0.717) is 0 Å². The lowest BCUT2D eigenvalue weighted by Gasteiger charge is -2.04. The highest BCUT2D eigenvalue weighted by molar-refractivity contribution is 6.02. The van der Waals surface area contributed by atoms with Crippen LogP contribution in [0.5, 0.6) is 0 Å². The third-order valence-corrected chi connectivity index (χ3v) is 1.91. The zero-order chi connectivity index (χ0) is 12.3. The van der Waals surface area contributed by atoms with Crippen LogP contribution in [0.2, 0.25) is 0 Å². The molecule has 2 rings (SSSR count). The van der Waals surface area contributed by atoms with Crippen LogP contribution in [0.25, 0.3) is 0 Å². The molecule has 0 saturated heterocycles. The second-order valence-electron chi connectivity index (χ2n) is 3.14. The van der Waals surface area contributed by atoms with Crippen LogP contribution in [0.1, 0.15) is 10.5 Å². The van der Waals surface area contributed by atoms with E-state index in [1.165, 1.54) is 24.7 Å². The number of hydrogen-bond acceptors (Lipinski definition) is 5. The van der Waals surface area contributed by atoms with E-state index in [2.05, 4.69) is 20.3 Å². The van der Waals surface area contributed by atoms with Crippen molar-refractivity contribution in [2.24, 2.45) is 0 Å². The number of amides is 1. The van der Waals surface area contributed by atoms with E-state index in [4.69, 9.17) is 5.73 Å². The fraction of sp³-hybridized carbons (Fsp3) is 0.